The van der Waals surface area contributed by atoms with Gasteiger partial charge in [-0.3, -0.25) is 0 Å². The van der Waals surface area contributed by atoms with Gasteiger partial charge >= 0.3 is 6.03 Å². The second-order valence-electron chi connectivity index (χ2n) is 5.06. The maximum absolute atomic E-state index is 13.6. The van der Waals surface area contributed by atoms with Gasteiger partial charge in [-0.2, -0.15) is 0 Å². The molecule has 2 rings (SSSR count). The van der Waals surface area contributed by atoms with Gasteiger partial charge in [0.2, 0.25) is 0 Å². The highest BCUT2D eigenvalue weighted by molar-refractivity contribution is 9.10. The molecule has 0 radical (unpaired) electrons. The van der Waals surface area contributed by atoms with Gasteiger partial charge in [-0.15, -0.1) is 0 Å². The largest absolute Gasteiger partial charge is 0.464 e. The molecule has 4 nitrogen and oxygen atoms in total. The number of amides is 2. The summed E-state index contributed by atoms with van der Waals surface area (Å²) in [6, 6.07) is 7.91. The van der Waals surface area contributed by atoms with Crippen molar-refractivity contribution >= 4 is 22.0 Å². The van der Waals surface area contributed by atoms with Crippen LogP contribution in [0.3, 0.4) is 0 Å². The highest BCUT2D eigenvalue weighted by atomic mass is 79.9. The molecule has 2 aromatic rings. The average Bonchev–Trinajstić information content (AvgIpc) is 2.89. The van der Waals surface area contributed by atoms with E-state index >= 15 is 0 Å². The molecule has 1 aromatic heterocycles. The van der Waals surface area contributed by atoms with E-state index in [0.29, 0.717) is 24.3 Å². The van der Waals surface area contributed by atoms with Crippen molar-refractivity contribution in [2.75, 3.05) is 6.54 Å². The van der Waals surface area contributed by atoms with Crippen molar-refractivity contribution < 1.29 is 13.6 Å². The number of urea groups is 1. The van der Waals surface area contributed by atoms with Gasteiger partial charge in [0.15, 0.2) is 0 Å². The van der Waals surface area contributed by atoms with Crippen molar-refractivity contribution in [2.45, 2.75) is 26.3 Å². The first kappa shape index (κ1) is 16.5. The monoisotopic (exact) mass is 368 g/mol. The van der Waals surface area contributed by atoms with E-state index < -0.39 is 0 Å². The van der Waals surface area contributed by atoms with Crippen LogP contribution >= 0.6 is 15.9 Å². The van der Waals surface area contributed by atoms with E-state index in [2.05, 4.69) is 26.6 Å². The normalized spacial score (nSPS) is 12.0. The quantitative estimate of drug-likeness (QED) is 0.834. The van der Waals surface area contributed by atoms with E-state index in [0.717, 1.165) is 10.2 Å². The van der Waals surface area contributed by atoms with Gasteiger partial charge in [0.05, 0.1) is 6.04 Å². The van der Waals surface area contributed by atoms with E-state index in [4.69, 9.17) is 4.42 Å². The Balaban J connectivity index is 1.79. The number of aryl methyl sites for hydroxylation is 1. The summed E-state index contributed by atoms with van der Waals surface area (Å²) >= 11 is 3.30. The third-order valence-electron chi connectivity index (χ3n) is 3.22. The topological polar surface area (TPSA) is 54.3 Å². The number of rotatable bonds is 5. The lowest BCUT2D eigenvalue weighted by Gasteiger charge is -2.13. The second-order valence-corrected chi connectivity index (χ2v) is 5.97. The number of halogens is 2. The molecule has 22 heavy (non-hydrogen) atoms. The molecule has 1 atom stereocenters. The average molecular weight is 369 g/mol. The Morgan fingerprint density at radius 2 is 2.14 bits per heavy atom. The fraction of sp³-hybridized carbons (Fsp3) is 0.312. The smallest absolute Gasteiger partial charge is 0.315 e. The van der Waals surface area contributed by atoms with Gasteiger partial charge in [0.25, 0.3) is 0 Å². The summed E-state index contributed by atoms with van der Waals surface area (Å²) in [6.45, 7) is 4.04. The minimum absolute atomic E-state index is 0.226. The number of benzene rings is 1. The summed E-state index contributed by atoms with van der Waals surface area (Å²) < 4.78 is 19.8. The van der Waals surface area contributed by atoms with Crippen LogP contribution in [0.5, 0.6) is 0 Å². The molecular formula is C16H18BrFN2O2. The molecule has 0 bridgehead atoms. The predicted molar refractivity (Wildman–Crippen MR) is 86.2 cm³/mol. The number of carbonyl (C=O) groups excluding carboxylic acids is 1. The first-order valence-corrected chi connectivity index (χ1v) is 7.79. The van der Waals surface area contributed by atoms with Crippen molar-refractivity contribution in [1.29, 1.82) is 0 Å². The van der Waals surface area contributed by atoms with Gasteiger partial charge in [-0.05, 0) is 56.2 Å². The Kier molecular flexibility index (Phi) is 5.60. The van der Waals surface area contributed by atoms with Crippen LogP contribution in [0, 0.1) is 12.7 Å². The third-order valence-corrected chi connectivity index (χ3v) is 3.72. The van der Waals surface area contributed by atoms with Crippen LogP contribution in [0.25, 0.3) is 0 Å². The highest BCUT2D eigenvalue weighted by Gasteiger charge is 2.12. The summed E-state index contributed by atoms with van der Waals surface area (Å²) in [5, 5.41) is 5.49. The zero-order chi connectivity index (χ0) is 16.1. The molecule has 1 aromatic carbocycles. The molecule has 6 heteroatoms. The summed E-state index contributed by atoms with van der Waals surface area (Å²) in [5.41, 5.74) is 0.560. The molecule has 1 heterocycles. The van der Waals surface area contributed by atoms with E-state index in [-0.39, 0.29) is 17.9 Å². The minimum Gasteiger partial charge on any atom is -0.464 e. The van der Waals surface area contributed by atoms with Crippen LogP contribution in [0.4, 0.5) is 9.18 Å². The molecule has 0 saturated carbocycles. The Hall–Kier alpha value is -1.82. The fourth-order valence-corrected chi connectivity index (χ4v) is 2.46. The molecular weight excluding hydrogens is 351 g/mol. The molecule has 118 valence electrons. The van der Waals surface area contributed by atoms with E-state index in [9.17, 15) is 9.18 Å². The molecule has 1 unspecified atom stereocenters. The molecule has 0 aliphatic rings. The van der Waals surface area contributed by atoms with Gasteiger partial charge in [-0.25, -0.2) is 9.18 Å². The Morgan fingerprint density at radius 1 is 1.36 bits per heavy atom. The molecule has 0 saturated heterocycles. The lowest BCUT2D eigenvalue weighted by Crippen LogP contribution is -2.38. The van der Waals surface area contributed by atoms with Crippen LogP contribution in [-0.2, 0) is 6.42 Å². The zero-order valence-corrected chi connectivity index (χ0v) is 14.0. The standard InChI is InChI=1S/C16H18BrFN2O2/c1-10-3-6-15(22-10)11(2)20-16(21)19-8-7-12-9-13(17)4-5-14(12)18/h3-6,9,11H,7-8H2,1-2H3,(H2,19,20,21). The van der Waals surface area contributed by atoms with Gasteiger partial charge in [0, 0.05) is 11.0 Å². The van der Waals surface area contributed by atoms with Crippen molar-refractivity contribution in [3.8, 4) is 0 Å². The van der Waals surface area contributed by atoms with Crippen molar-refractivity contribution in [3.63, 3.8) is 0 Å². The fourth-order valence-electron chi connectivity index (χ4n) is 2.05. The minimum atomic E-state index is -0.308. The summed E-state index contributed by atoms with van der Waals surface area (Å²) in [5.74, 6) is 1.23. The molecule has 2 amide bonds. The van der Waals surface area contributed by atoms with Gasteiger partial charge in [0.1, 0.15) is 17.3 Å². The van der Waals surface area contributed by atoms with Crippen molar-refractivity contribution in [2.24, 2.45) is 0 Å². The van der Waals surface area contributed by atoms with Crippen LogP contribution in [0.1, 0.15) is 30.0 Å². The molecule has 0 spiro atoms. The maximum Gasteiger partial charge on any atom is 0.315 e. The van der Waals surface area contributed by atoms with E-state index in [1.165, 1.54) is 6.07 Å². The van der Waals surface area contributed by atoms with Crippen molar-refractivity contribution in [3.05, 3.63) is 57.7 Å². The van der Waals surface area contributed by atoms with Gasteiger partial charge in [-0.1, -0.05) is 15.9 Å². The van der Waals surface area contributed by atoms with Crippen LogP contribution in [0.15, 0.2) is 39.2 Å². The van der Waals surface area contributed by atoms with Gasteiger partial charge < -0.3 is 15.1 Å². The Morgan fingerprint density at radius 3 is 2.82 bits per heavy atom. The Bertz CT molecular complexity index is 657. The van der Waals surface area contributed by atoms with Crippen molar-refractivity contribution in [1.82, 2.24) is 10.6 Å². The number of nitrogens with one attached hydrogen (secondary N) is 2. The number of hydrogen-bond acceptors (Lipinski definition) is 2. The Labute approximate surface area is 137 Å². The SMILES string of the molecule is Cc1ccc(C(C)NC(=O)NCCc2cc(Br)ccc2F)o1. The zero-order valence-electron chi connectivity index (χ0n) is 12.5. The first-order chi connectivity index (χ1) is 10.5. The molecule has 0 aliphatic carbocycles. The first-order valence-electron chi connectivity index (χ1n) is 7.00. The maximum atomic E-state index is 13.6. The number of carbonyl (C=O) groups is 1. The molecule has 2 N–H and O–H groups in total. The van der Waals surface area contributed by atoms with E-state index in [1.54, 1.807) is 12.1 Å². The van der Waals surface area contributed by atoms with Crippen LogP contribution < -0.4 is 10.6 Å². The van der Waals surface area contributed by atoms with E-state index in [1.807, 2.05) is 26.0 Å². The van der Waals surface area contributed by atoms with Crippen LogP contribution in [0.2, 0.25) is 0 Å². The lowest BCUT2D eigenvalue weighted by atomic mass is 10.1. The second kappa shape index (κ2) is 7.45. The lowest BCUT2D eigenvalue weighted by molar-refractivity contribution is 0.236. The third kappa shape index (κ3) is 4.59. The predicted octanol–water partition coefficient (Wildman–Crippen LogP) is 4.09. The summed E-state index contributed by atoms with van der Waals surface area (Å²) in [6.07, 6.45) is 0.424. The highest BCUT2D eigenvalue weighted by Crippen LogP contribution is 2.16. The molecule has 0 fully saturated rings. The molecule has 0 aliphatic heterocycles. The van der Waals surface area contributed by atoms with Crippen LogP contribution in [-0.4, -0.2) is 12.6 Å². The number of furan rings is 1. The number of hydrogen-bond donors (Lipinski definition) is 2. The summed E-state index contributed by atoms with van der Waals surface area (Å²) in [4.78, 5) is 11.8. The summed E-state index contributed by atoms with van der Waals surface area (Å²) in [7, 11) is 0.